The molecule has 2 amide bonds. The number of carboxylic acid groups (broad SMARTS) is 1. The average molecular weight is 490 g/mol. The number of carbonyl (C=O) groups excluding carboxylic acids is 1. The molecule has 2 aromatic rings. The highest BCUT2D eigenvalue weighted by Crippen LogP contribution is 2.34. The number of benzene rings is 1. The number of rotatable bonds is 8. The van der Waals surface area contributed by atoms with Gasteiger partial charge in [-0.3, -0.25) is 15.0 Å². The van der Waals surface area contributed by atoms with Crippen LogP contribution in [0.5, 0.6) is 0 Å². The third kappa shape index (κ3) is 6.96. The summed E-state index contributed by atoms with van der Waals surface area (Å²) >= 11 is 2.82. The van der Waals surface area contributed by atoms with Gasteiger partial charge in [0, 0.05) is 18.0 Å². The molecule has 33 heavy (non-hydrogen) atoms. The minimum absolute atomic E-state index is 0.0568. The molecule has 8 heteroatoms. The summed E-state index contributed by atoms with van der Waals surface area (Å²) in [4.78, 5) is 30.8. The minimum Gasteiger partial charge on any atom is -0.481 e. The maximum atomic E-state index is 13.3. The lowest BCUT2D eigenvalue weighted by Crippen LogP contribution is -2.38. The first kappa shape index (κ1) is 25.6. The van der Waals surface area contributed by atoms with Gasteiger partial charge in [-0.15, -0.1) is 11.8 Å². The van der Waals surface area contributed by atoms with Crippen LogP contribution in [0, 0.1) is 11.3 Å². The molecule has 1 heterocycles. The van der Waals surface area contributed by atoms with Crippen LogP contribution in [0.25, 0.3) is 0 Å². The fourth-order valence-electron chi connectivity index (χ4n) is 3.75. The van der Waals surface area contributed by atoms with Crippen molar-refractivity contribution < 1.29 is 14.7 Å². The topological polar surface area (TPSA) is 82.5 Å². The van der Waals surface area contributed by atoms with Crippen molar-refractivity contribution in [1.29, 1.82) is 0 Å². The third-order valence-electron chi connectivity index (χ3n) is 6.06. The van der Waals surface area contributed by atoms with Crippen molar-refractivity contribution in [3.63, 3.8) is 0 Å². The highest BCUT2D eigenvalue weighted by Gasteiger charge is 2.28. The van der Waals surface area contributed by atoms with Crippen LogP contribution in [0.2, 0.25) is 0 Å². The molecule has 0 aliphatic heterocycles. The first-order chi connectivity index (χ1) is 15.5. The molecule has 0 unspecified atom stereocenters. The van der Waals surface area contributed by atoms with Crippen LogP contribution in [0.4, 0.5) is 15.6 Å². The van der Waals surface area contributed by atoms with Crippen molar-refractivity contribution in [1.82, 2.24) is 4.98 Å². The summed E-state index contributed by atoms with van der Waals surface area (Å²) in [6.07, 6.45) is 6.45. The second kappa shape index (κ2) is 10.5. The summed E-state index contributed by atoms with van der Waals surface area (Å²) in [5.41, 5.74) is 1.36. The molecule has 1 aliphatic rings. The normalized spacial score (nSPS) is 14.9. The average Bonchev–Trinajstić information content (AvgIpc) is 3.42. The molecule has 180 valence electrons. The van der Waals surface area contributed by atoms with Crippen molar-refractivity contribution in [2.45, 2.75) is 69.9 Å². The van der Waals surface area contributed by atoms with E-state index >= 15 is 0 Å². The zero-order valence-corrected chi connectivity index (χ0v) is 21.8. The van der Waals surface area contributed by atoms with Gasteiger partial charge in [-0.1, -0.05) is 57.1 Å². The number of nitrogens with one attached hydrogen (secondary N) is 1. The summed E-state index contributed by atoms with van der Waals surface area (Å²) in [6.45, 7) is 10.7. The third-order valence-corrected chi connectivity index (χ3v) is 8.63. The summed E-state index contributed by atoms with van der Waals surface area (Å²) in [5, 5.41) is 12.8. The van der Waals surface area contributed by atoms with E-state index in [1.807, 2.05) is 17.0 Å². The van der Waals surface area contributed by atoms with E-state index in [0.717, 1.165) is 22.7 Å². The Labute approximate surface area is 205 Å². The molecule has 1 aromatic heterocycles. The number of thioether (sulfide) groups is 1. The fourth-order valence-corrected chi connectivity index (χ4v) is 5.70. The Hall–Kier alpha value is -2.06. The maximum absolute atomic E-state index is 13.3. The van der Waals surface area contributed by atoms with E-state index in [1.165, 1.54) is 41.5 Å². The van der Waals surface area contributed by atoms with Crippen LogP contribution in [0.3, 0.4) is 0 Å². The molecule has 0 bridgehead atoms. The highest BCUT2D eigenvalue weighted by atomic mass is 32.2. The zero-order chi connectivity index (χ0) is 24.2. The lowest BCUT2D eigenvalue weighted by molar-refractivity contribution is -0.145. The smallest absolute Gasteiger partial charge is 0.328 e. The van der Waals surface area contributed by atoms with Crippen molar-refractivity contribution in [3.8, 4) is 0 Å². The summed E-state index contributed by atoms with van der Waals surface area (Å²) < 4.78 is 0.886. The van der Waals surface area contributed by atoms with Gasteiger partial charge in [0.25, 0.3) is 0 Å². The van der Waals surface area contributed by atoms with Gasteiger partial charge in [-0.2, -0.15) is 0 Å². The van der Waals surface area contributed by atoms with E-state index in [1.54, 1.807) is 20.0 Å². The van der Waals surface area contributed by atoms with Crippen molar-refractivity contribution >= 4 is 45.9 Å². The molecule has 0 atom stereocenters. The van der Waals surface area contributed by atoms with E-state index in [4.69, 9.17) is 0 Å². The molecule has 1 saturated carbocycles. The summed E-state index contributed by atoms with van der Waals surface area (Å²) in [5.74, 6) is 0.123. The molecule has 6 nitrogen and oxygen atoms in total. The van der Waals surface area contributed by atoms with E-state index in [9.17, 15) is 14.7 Å². The number of aliphatic carboxylic acids is 1. The first-order valence-electron chi connectivity index (χ1n) is 11.5. The van der Waals surface area contributed by atoms with Crippen LogP contribution in [-0.4, -0.2) is 34.4 Å². The second-order valence-corrected chi connectivity index (χ2v) is 12.8. The molecule has 0 saturated heterocycles. The highest BCUT2D eigenvalue weighted by molar-refractivity contribution is 8.01. The standard InChI is InChI=1S/C25H35N3O3S2/c1-24(2,3)18-10-12-19(13-11-18)28(15-17-8-6-7-9-17)23(31)27-22-26-14-20(33-22)32-16-25(4,5)21(29)30/h10-14,17H,6-9,15-16H2,1-5H3,(H,29,30)(H,26,27,31). The number of amides is 2. The minimum atomic E-state index is -0.826. The number of anilines is 2. The monoisotopic (exact) mass is 489 g/mol. The molecule has 1 fully saturated rings. The van der Waals surface area contributed by atoms with E-state index in [-0.39, 0.29) is 11.4 Å². The Kier molecular flexibility index (Phi) is 8.11. The lowest BCUT2D eigenvalue weighted by Gasteiger charge is -2.27. The second-order valence-electron chi connectivity index (χ2n) is 10.5. The van der Waals surface area contributed by atoms with Crippen molar-refractivity contribution in [2.24, 2.45) is 11.3 Å². The number of carbonyl (C=O) groups is 2. The van der Waals surface area contributed by atoms with Gasteiger partial charge in [0.15, 0.2) is 5.13 Å². The molecule has 2 N–H and O–H groups in total. The number of thiazole rings is 1. The number of urea groups is 1. The van der Waals surface area contributed by atoms with Crippen LogP contribution in [-0.2, 0) is 10.2 Å². The van der Waals surface area contributed by atoms with Crippen LogP contribution in [0.1, 0.15) is 65.9 Å². The number of hydrogen-bond donors (Lipinski definition) is 2. The van der Waals surface area contributed by atoms with Crippen LogP contribution in [0.15, 0.2) is 34.7 Å². The number of carboxylic acids is 1. The van der Waals surface area contributed by atoms with Crippen molar-refractivity contribution in [3.05, 3.63) is 36.0 Å². The Morgan fingerprint density at radius 3 is 2.36 bits per heavy atom. The van der Waals surface area contributed by atoms with E-state index < -0.39 is 11.4 Å². The Balaban J connectivity index is 1.71. The fraction of sp³-hybridized carbons (Fsp3) is 0.560. The Morgan fingerprint density at radius 2 is 1.79 bits per heavy atom. The van der Waals surface area contributed by atoms with Crippen LogP contribution < -0.4 is 10.2 Å². The molecule has 1 aliphatic carbocycles. The van der Waals surface area contributed by atoms with Gasteiger partial charge in [0.2, 0.25) is 0 Å². The molecular formula is C25H35N3O3S2. The number of hydrogen-bond acceptors (Lipinski definition) is 5. The maximum Gasteiger partial charge on any atom is 0.328 e. The predicted molar refractivity (Wildman–Crippen MR) is 138 cm³/mol. The molecule has 0 radical (unpaired) electrons. The number of nitrogens with zero attached hydrogens (tertiary/aromatic N) is 2. The summed E-state index contributed by atoms with van der Waals surface area (Å²) in [6, 6.07) is 8.10. The van der Waals surface area contributed by atoms with E-state index in [0.29, 0.717) is 23.3 Å². The SMILES string of the molecule is CC(C)(CSc1cnc(NC(=O)N(CC2CCCC2)c2ccc(C(C)(C)C)cc2)s1)C(=O)O. The van der Waals surface area contributed by atoms with Gasteiger partial charge in [0.1, 0.15) is 0 Å². The molecule has 0 spiro atoms. The Bertz CT molecular complexity index is 958. The largest absolute Gasteiger partial charge is 0.481 e. The van der Waals surface area contributed by atoms with Gasteiger partial charge < -0.3 is 5.11 Å². The Morgan fingerprint density at radius 1 is 1.15 bits per heavy atom. The van der Waals surface area contributed by atoms with Crippen LogP contribution >= 0.6 is 23.1 Å². The van der Waals surface area contributed by atoms with Gasteiger partial charge >= 0.3 is 12.0 Å². The van der Waals surface area contributed by atoms with Gasteiger partial charge in [-0.25, -0.2) is 9.78 Å². The first-order valence-corrected chi connectivity index (χ1v) is 13.3. The van der Waals surface area contributed by atoms with Gasteiger partial charge in [0.05, 0.1) is 15.8 Å². The lowest BCUT2D eigenvalue weighted by atomic mass is 9.87. The predicted octanol–water partition coefficient (Wildman–Crippen LogP) is 6.87. The zero-order valence-electron chi connectivity index (χ0n) is 20.2. The quantitative estimate of drug-likeness (QED) is 0.395. The van der Waals surface area contributed by atoms with Gasteiger partial charge in [-0.05, 0) is 55.7 Å². The van der Waals surface area contributed by atoms with E-state index in [2.05, 4.69) is 43.2 Å². The van der Waals surface area contributed by atoms with Crippen molar-refractivity contribution in [2.75, 3.05) is 22.5 Å². The molecular weight excluding hydrogens is 454 g/mol. The molecule has 1 aromatic carbocycles. The summed E-state index contributed by atoms with van der Waals surface area (Å²) in [7, 11) is 0. The number of aromatic nitrogens is 1. The molecule has 3 rings (SSSR count).